The van der Waals surface area contributed by atoms with Crippen LogP contribution in [-0.4, -0.2) is 44.3 Å². The number of hydrogen-bond donors (Lipinski definition) is 3. The number of ether oxygens (including phenoxy) is 1. The van der Waals surface area contributed by atoms with Crippen molar-refractivity contribution in [2.24, 2.45) is 4.99 Å². The molecule has 0 aliphatic carbocycles. The minimum Gasteiger partial charge on any atom is -0.489 e. The van der Waals surface area contributed by atoms with E-state index >= 15 is 0 Å². The predicted molar refractivity (Wildman–Crippen MR) is 93.6 cm³/mol. The van der Waals surface area contributed by atoms with Gasteiger partial charge in [0.05, 0.1) is 6.54 Å². The molecule has 130 valence electrons. The molecule has 1 rings (SSSR count). The van der Waals surface area contributed by atoms with E-state index in [1.807, 2.05) is 6.92 Å². The standard InChI is InChI=1S/C17H29FN4O/c1-13(23-15-8-6-14(18)7-9-15)12-21-16(19-5)20-10-11-22-17(2,3)4/h6-9,13,22H,10-12H2,1-5H3,(H2,19,20,21). The molecule has 23 heavy (non-hydrogen) atoms. The second kappa shape index (κ2) is 9.35. The highest BCUT2D eigenvalue weighted by molar-refractivity contribution is 5.79. The number of guanidine groups is 1. The first-order chi connectivity index (χ1) is 10.8. The van der Waals surface area contributed by atoms with Crippen LogP contribution in [0.25, 0.3) is 0 Å². The molecule has 0 aliphatic heterocycles. The largest absolute Gasteiger partial charge is 0.489 e. The monoisotopic (exact) mass is 324 g/mol. The van der Waals surface area contributed by atoms with Gasteiger partial charge in [0, 0.05) is 25.7 Å². The number of halogens is 1. The predicted octanol–water partition coefficient (Wildman–Crippen LogP) is 2.15. The van der Waals surface area contributed by atoms with Gasteiger partial charge in [-0.1, -0.05) is 0 Å². The average molecular weight is 324 g/mol. The van der Waals surface area contributed by atoms with Gasteiger partial charge in [0.2, 0.25) is 0 Å². The topological polar surface area (TPSA) is 57.7 Å². The lowest BCUT2D eigenvalue weighted by atomic mass is 10.1. The van der Waals surface area contributed by atoms with E-state index in [9.17, 15) is 4.39 Å². The van der Waals surface area contributed by atoms with Crippen molar-refractivity contribution in [3.63, 3.8) is 0 Å². The molecule has 1 atom stereocenters. The van der Waals surface area contributed by atoms with Crippen molar-refractivity contribution in [1.82, 2.24) is 16.0 Å². The fourth-order valence-electron chi connectivity index (χ4n) is 1.87. The van der Waals surface area contributed by atoms with Gasteiger partial charge >= 0.3 is 0 Å². The summed E-state index contributed by atoms with van der Waals surface area (Å²) in [6.07, 6.45) is -0.0632. The first-order valence-electron chi connectivity index (χ1n) is 7.92. The summed E-state index contributed by atoms with van der Waals surface area (Å²) in [5.41, 5.74) is 0.107. The molecule has 0 saturated carbocycles. The molecule has 0 aliphatic rings. The quantitative estimate of drug-likeness (QED) is 0.409. The molecule has 0 bridgehead atoms. The molecule has 1 unspecified atom stereocenters. The normalized spacial score (nSPS) is 13.6. The first kappa shape index (κ1) is 19.2. The summed E-state index contributed by atoms with van der Waals surface area (Å²) < 4.78 is 18.6. The first-order valence-corrected chi connectivity index (χ1v) is 7.92. The van der Waals surface area contributed by atoms with Crippen molar-refractivity contribution >= 4 is 5.96 Å². The Morgan fingerprint density at radius 3 is 2.39 bits per heavy atom. The lowest BCUT2D eigenvalue weighted by molar-refractivity contribution is 0.223. The Morgan fingerprint density at radius 2 is 1.83 bits per heavy atom. The summed E-state index contributed by atoms with van der Waals surface area (Å²) in [6, 6.07) is 6.02. The molecule has 6 heteroatoms. The number of nitrogens with zero attached hydrogens (tertiary/aromatic N) is 1. The van der Waals surface area contributed by atoms with E-state index in [2.05, 4.69) is 41.7 Å². The van der Waals surface area contributed by atoms with Crippen LogP contribution in [0.1, 0.15) is 27.7 Å². The second-order valence-corrected chi connectivity index (χ2v) is 6.44. The Balaban J connectivity index is 2.26. The van der Waals surface area contributed by atoms with Crippen molar-refractivity contribution in [1.29, 1.82) is 0 Å². The van der Waals surface area contributed by atoms with Gasteiger partial charge in [0.25, 0.3) is 0 Å². The highest BCUT2D eigenvalue weighted by Gasteiger charge is 2.08. The Morgan fingerprint density at radius 1 is 1.17 bits per heavy atom. The minimum atomic E-state index is -0.267. The zero-order chi connectivity index (χ0) is 17.3. The van der Waals surface area contributed by atoms with Crippen LogP contribution in [0.4, 0.5) is 4.39 Å². The molecule has 0 spiro atoms. The third-order valence-corrected chi connectivity index (χ3v) is 3.00. The summed E-state index contributed by atoms with van der Waals surface area (Å²) in [4.78, 5) is 4.17. The van der Waals surface area contributed by atoms with Crippen molar-refractivity contribution < 1.29 is 9.13 Å². The number of aliphatic imine (C=N–C) groups is 1. The summed E-state index contributed by atoms with van der Waals surface area (Å²) >= 11 is 0. The Bertz CT molecular complexity index is 482. The van der Waals surface area contributed by atoms with E-state index < -0.39 is 0 Å². The van der Waals surface area contributed by atoms with E-state index in [0.717, 1.165) is 19.0 Å². The Kier molecular flexibility index (Phi) is 7.81. The van der Waals surface area contributed by atoms with Gasteiger partial charge in [0.1, 0.15) is 17.7 Å². The molecule has 0 saturated heterocycles. The van der Waals surface area contributed by atoms with Crippen molar-refractivity contribution in [2.75, 3.05) is 26.7 Å². The average Bonchev–Trinajstić information content (AvgIpc) is 2.48. The maximum absolute atomic E-state index is 12.8. The zero-order valence-electron chi connectivity index (χ0n) is 14.7. The summed E-state index contributed by atoms with van der Waals surface area (Å²) in [5, 5.41) is 9.85. The molecule has 1 aromatic rings. The SMILES string of the molecule is CN=C(NCCNC(C)(C)C)NCC(C)Oc1ccc(F)cc1. The minimum absolute atomic E-state index is 0.0632. The van der Waals surface area contributed by atoms with E-state index in [4.69, 9.17) is 4.74 Å². The van der Waals surface area contributed by atoms with Crippen LogP contribution in [0.2, 0.25) is 0 Å². The highest BCUT2D eigenvalue weighted by atomic mass is 19.1. The maximum Gasteiger partial charge on any atom is 0.191 e. The molecule has 3 N–H and O–H groups in total. The Labute approximate surface area is 138 Å². The van der Waals surface area contributed by atoms with Crippen LogP contribution in [0.5, 0.6) is 5.75 Å². The number of rotatable bonds is 7. The number of nitrogens with one attached hydrogen (secondary N) is 3. The van der Waals surface area contributed by atoms with Gasteiger partial charge in [-0.05, 0) is 52.0 Å². The fourth-order valence-corrected chi connectivity index (χ4v) is 1.87. The van der Waals surface area contributed by atoms with Crippen molar-refractivity contribution in [2.45, 2.75) is 39.3 Å². The van der Waals surface area contributed by atoms with Gasteiger partial charge in [-0.15, -0.1) is 0 Å². The molecule has 1 aromatic carbocycles. The molecule has 5 nitrogen and oxygen atoms in total. The summed E-state index contributed by atoms with van der Waals surface area (Å²) in [7, 11) is 1.73. The van der Waals surface area contributed by atoms with Crippen LogP contribution in [0, 0.1) is 5.82 Å². The zero-order valence-corrected chi connectivity index (χ0v) is 14.7. The molecule has 0 aromatic heterocycles. The smallest absolute Gasteiger partial charge is 0.191 e. The maximum atomic E-state index is 12.8. The second-order valence-electron chi connectivity index (χ2n) is 6.44. The molecular formula is C17H29FN4O. The molecule has 0 fully saturated rings. The van der Waals surface area contributed by atoms with Crippen molar-refractivity contribution in [3.8, 4) is 5.75 Å². The summed E-state index contributed by atoms with van der Waals surface area (Å²) in [6.45, 7) is 10.6. The number of benzene rings is 1. The van der Waals surface area contributed by atoms with Crippen molar-refractivity contribution in [3.05, 3.63) is 30.1 Å². The number of hydrogen-bond acceptors (Lipinski definition) is 3. The summed E-state index contributed by atoms with van der Waals surface area (Å²) in [5.74, 6) is 1.12. The fraction of sp³-hybridized carbons (Fsp3) is 0.588. The molecule has 0 radical (unpaired) electrons. The third kappa shape index (κ3) is 9.03. The lowest BCUT2D eigenvalue weighted by Gasteiger charge is -2.21. The van der Waals surface area contributed by atoms with Crippen LogP contribution in [0.3, 0.4) is 0 Å². The van der Waals surface area contributed by atoms with E-state index in [1.165, 1.54) is 12.1 Å². The van der Waals surface area contributed by atoms with Crippen LogP contribution >= 0.6 is 0 Å². The molecule has 0 heterocycles. The Hall–Kier alpha value is -1.82. The van der Waals surface area contributed by atoms with E-state index in [0.29, 0.717) is 12.3 Å². The molecular weight excluding hydrogens is 295 g/mol. The lowest BCUT2D eigenvalue weighted by Crippen LogP contribution is -2.46. The van der Waals surface area contributed by atoms with E-state index in [-0.39, 0.29) is 17.5 Å². The van der Waals surface area contributed by atoms with Crippen LogP contribution in [-0.2, 0) is 0 Å². The van der Waals surface area contributed by atoms with Gasteiger partial charge < -0.3 is 20.7 Å². The van der Waals surface area contributed by atoms with Crippen LogP contribution < -0.4 is 20.7 Å². The van der Waals surface area contributed by atoms with Gasteiger partial charge in [-0.2, -0.15) is 0 Å². The van der Waals surface area contributed by atoms with E-state index in [1.54, 1.807) is 19.2 Å². The van der Waals surface area contributed by atoms with Crippen LogP contribution in [0.15, 0.2) is 29.3 Å². The third-order valence-electron chi connectivity index (χ3n) is 3.00. The highest BCUT2D eigenvalue weighted by Crippen LogP contribution is 2.12. The van der Waals surface area contributed by atoms with Gasteiger partial charge in [-0.25, -0.2) is 4.39 Å². The van der Waals surface area contributed by atoms with Gasteiger partial charge in [-0.3, -0.25) is 4.99 Å². The van der Waals surface area contributed by atoms with Gasteiger partial charge in [0.15, 0.2) is 5.96 Å². The molecule has 0 amide bonds.